The first kappa shape index (κ1) is 17.0. The number of amides is 1. The molecule has 1 aliphatic rings. The molecule has 24 heavy (non-hydrogen) atoms. The minimum Gasteiger partial charge on any atom is -0.508 e. The smallest absolute Gasteiger partial charge is 0.226 e. The van der Waals surface area contributed by atoms with E-state index < -0.39 is 6.04 Å². The second-order valence-corrected chi connectivity index (χ2v) is 6.72. The molecule has 0 radical (unpaired) electrons. The first-order valence-corrected chi connectivity index (χ1v) is 8.28. The summed E-state index contributed by atoms with van der Waals surface area (Å²) in [6.07, 6.45) is 3.25. The molecule has 7 heteroatoms. The summed E-state index contributed by atoms with van der Waals surface area (Å²) in [6, 6.07) is 5.94. The number of aromatic nitrogens is 1. The van der Waals surface area contributed by atoms with Gasteiger partial charge in [0.25, 0.3) is 0 Å². The van der Waals surface area contributed by atoms with Crippen LogP contribution in [0.5, 0.6) is 5.75 Å². The fourth-order valence-electron chi connectivity index (χ4n) is 2.83. The van der Waals surface area contributed by atoms with Crippen molar-refractivity contribution in [3.8, 4) is 5.75 Å². The molecule has 5 nitrogen and oxygen atoms in total. The SMILES string of the molecule is CN1CC(C(=O)NC(c2ccncc2)c2c(O)ccc(Cl)c2Cl)C1. The molecule has 2 heterocycles. The molecule has 1 unspecified atom stereocenters. The molecule has 126 valence electrons. The third-order valence-electron chi connectivity index (χ3n) is 4.16. The first-order valence-electron chi connectivity index (χ1n) is 7.53. The predicted molar refractivity (Wildman–Crippen MR) is 93.3 cm³/mol. The van der Waals surface area contributed by atoms with Crippen LogP contribution in [0, 0.1) is 5.92 Å². The number of carbonyl (C=O) groups is 1. The lowest BCUT2D eigenvalue weighted by molar-refractivity contribution is -0.130. The van der Waals surface area contributed by atoms with Crippen LogP contribution in [-0.2, 0) is 4.79 Å². The van der Waals surface area contributed by atoms with E-state index in [1.165, 1.54) is 12.1 Å². The van der Waals surface area contributed by atoms with Gasteiger partial charge in [-0.3, -0.25) is 9.78 Å². The normalized spacial score (nSPS) is 16.5. The largest absolute Gasteiger partial charge is 0.508 e. The highest BCUT2D eigenvalue weighted by Gasteiger charge is 2.33. The predicted octanol–water partition coefficient (Wildman–Crippen LogP) is 2.86. The maximum Gasteiger partial charge on any atom is 0.226 e. The Morgan fingerprint density at radius 1 is 1.29 bits per heavy atom. The van der Waals surface area contributed by atoms with Gasteiger partial charge in [-0.2, -0.15) is 0 Å². The number of likely N-dealkylation sites (tertiary alicyclic amines) is 1. The van der Waals surface area contributed by atoms with Crippen LogP contribution in [0.1, 0.15) is 17.2 Å². The van der Waals surface area contributed by atoms with Crippen molar-refractivity contribution in [1.29, 1.82) is 0 Å². The number of aromatic hydroxyl groups is 1. The quantitative estimate of drug-likeness (QED) is 0.874. The summed E-state index contributed by atoms with van der Waals surface area (Å²) in [5, 5.41) is 13.8. The number of hydrogen-bond donors (Lipinski definition) is 2. The van der Waals surface area contributed by atoms with Gasteiger partial charge in [0.2, 0.25) is 5.91 Å². The van der Waals surface area contributed by atoms with Gasteiger partial charge in [-0.1, -0.05) is 23.2 Å². The third kappa shape index (κ3) is 3.34. The van der Waals surface area contributed by atoms with E-state index in [1.807, 2.05) is 7.05 Å². The molecule has 2 aromatic rings. The zero-order valence-electron chi connectivity index (χ0n) is 13.0. The lowest BCUT2D eigenvalue weighted by Gasteiger charge is -2.36. The van der Waals surface area contributed by atoms with Crippen LogP contribution >= 0.6 is 23.2 Å². The van der Waals surface area contributed by atoms with E-state index >= 15 is 0 Å². The zero-order valence-corrected chi connectivity index (χ0v) is 14.6. The van der Waals surface area contributed by atoms with E-state index in [0.29, 0.717) is 23.7 Å². The van der Waals surface area contributed by atoms with Crippen molar-refractivity contribution >= 4 is 29.1 Å². The molecule has 1 atom stereocenters. The summed E-state index contributed by atoms with van der Waals surface area (Å²) in [4.78, 5) is 18.6. The van der Waals surface area contributed by atoms with Gasteiger partial charge in [-0.05, 0) is 36.9 Å². The fourth-order valence-corrected chi connectivity index (χ4v) is 3.27. The van der Waals surface area contributed by atoms with Crippen molar-refractivity contribution in [2.24, 2.45) is 5.92 Å². The topological polar surface area (TPSA) is 65.5 Å². The summed E-state index contributed by atoms with van der Waals surface area (Å²) in [5.41, 5.74) is 1.15. The molecule has 3 rings (SSSR count). The molecule has 1 aromatic carbocycles. The standard InChI is InChI=1S/C17H17Cl2N3O2/c1-22-8-11(9-22)17(24)21-16(10-4-6-20-7-5-10)14-13(23)3-2-12(18)15(14)19/h2-7,11,16,23H,8-9H2,1H3,(H,21,24). The Hall–Kier alpha value is -1.82. The molecule has 0 saturated carbocycles. The Morgan fingerprint density at radius 2 is 1.96 bits per heavy atom. The van der Waals surface area contributed by atoms with E-state index in [0.717, 1.165) is 5.56 Å². The summed E-state index contributed by atoms with van der Waals surface area (Å²) in [5.74, 6) is -0.165. The molecule has 0 bridgehead atoms. The van der Waals surface area contributed by atoms with E-state index in [2.05, 4.69) is 15.2 Å². The van der Waals surface area contributed by atoms with Gasteiger partial charge in [0, 0.05) is 31.0 Å². The van der Waals surface area contributed by atoms with Gasteiger partial charge >= 0.3 is 0 Å². The first-order chi connectivity index (χ1) is 11.5. The van der Waals surface area contributed by atoms with E-state index in [1.54, 1.807) is 24.5 Å². The maximum absolute atomic E-state index is 12.5. The van der Waals surface area contributed by atoms with Crippen molar-refractivity contribution in [3.05, 3.63) is 57.8 Å². The van der Waals surface area contributed by atoms with Crippen molar-refractivity contribution in [1.82, 2.24) is 15.2 Å². The number of nitrogens with zero attached hydrogens (tertiary/aromatic N) is 2. The van der Waals surface area contributed by atoms with Crippen LogP contribution < -0.4 is 5.32 Å². The summed E-state index contributed by atoms with van der Waals surface area (Å²) in [6.45, 7) is 1.42. The van der Waals surface area contributed by atoms with Crippen LogP contribution in [-0.4, -0.2) is 41.0 Å². The summed E-state index contributed by atoms with van der Waals surface area (Å²) in [7, 11) is 1.96. The monoisotopic (exact) mass is 365 g/mol. The Bertz CT molecular complexity index is 749. The number of nitrogens with one attached hydrogen (secondary N) is 1. The molecule has 2 N–H and O–H groups in total. The highest BCUT2D eigenvalue weighted by Crippen LogP contribution is 2.39. The number of rotatable bonds is 4. The molecule has 0 aliphatic carbocycles. The number of pyridine rings is 1. The molecular weight excluding hydrogens is 349 g/mol. The average Bonchev–Trinajstić information content (AvgIpc) is 2.55. The molecule has 1 saturated heterocycles. The average molecular weight is 366 g/mol. The van der Waals surface area contributed by atoms with Gasteiger partial charge in [-0.15, -0.1) is 0 Å². The summed E-state index contributed by atoms with van der Waals surface area (Å²) >= 11 is 12.4. The highest BCUT2D eigenvalue weighted by molar-refractivity contribution is 6.42. The van der Waals surface area contributed by atoms with Crippen LogP contribution in [0.15, 0.2) is 36.7 Å². The number of hydrogen-bond acceptors (Lipinski definition) is 4. The Morgan fingerprint density at radius 3 is 2.58 bits per heavy atom. The molecule has 0 spiro atoms. The molecular formula is C17H17Cl2N3O2. The second kappa shape index (κ2) is 6.97. The highest BCUT2D eigenvalue weighted by atomic mass is 35.5. The van der Waals surface area contributed by atoms with E-state index in [4.69, 9.17) is 23.2 Å². The Kier molecular flexibility index (Phi) is 4.94. The van der Waals surface area contributed by atoms with Crippen LogP contribution in [0.25, 0.3) is 0 Å². The lowest BCUT2D eigenvalue weighted by atomic mass is 9.95. The number of halogens is 2. The molecule has 1 amide bonds. The Balaban J connectivity index is 1.97. The molecule has 1 aliphatic heterocycles. The number of phenols is 1. The Labute approximate surface area is 150 Å². The van der Waals surface area contributed by atoms with Gasteiger partial charge in [0.05, 0.1) is 22.0 Å². The van der Waals surface area contributed by atoms with E-state index in [9.17, 15) is 9.90 Å². The van der Waals surface area contributed by atoms with Crippen molar-refractivity contribution in [2.75, 3.05) is 20.1 Å². The van der Waals surface area contributed by atoms with Crippen molar-refractivity contribution in [2.45, 2.75) is 6.04 Å². The van der Waals surface area contributed by atoms with Gasteiger partial charge in [-0.25, -0.2) is 0 Å². The second-order valence-electron chi connectivity index (χ2n) is 5.93. The number of phenolic OH excluding ortho intramolecular Hbond substituents is 1. The molecule has 1 fully saturated rings. The fraction of sp³-hybridized carbons (Fsp3) is 0.294. The third-order valence-corrected chi connectivity index (χ3v) is 4.98. The lowest BCUT2D eigenvalue weighted by Crippen LogP contribution is -2.52. The zero-order chi connectivity index (χ0) is 17.3. The summed E-state index contributed by atoms with van der Waals surface area (Å²) < 4.78 is 0. The minimum absolute atomic E-state index is 0.0164. The van der Waals surface area contributed by atoms with Gasteiger partial charge < -0.3 is 15.3 Å². The van der Waals surface area contributed by atoms with Crippen LogP contribution in [0.4, 0.5) is 0 Å². The van der Waals surface area contributed by atoms with Gasteiger partial charge in [0.15, 0.2) is 0 Å². The maximum atomic E-state index is 12.5. The van der Waals surface area contributed by atoms with Crippen LogP contribution in [0.3, 0.4) is 0 Å². The van der Waals surface area contributed by atoms with Crippen LogP contribution in [0.2, 0.25) is 10.0 Å². The molecule has 1 aromatic heterocycles. The van der Waals surface area contributed by atoms with Gasteiger partial charge in [0.1, 0.15) is 5.75 Å². The van der Waals surface area contributed by atoms with Crippen molar-refractivity contribution in [3.63, 3.8) is 0 Å². The number of benzene rings is 1. The minimum atomic E-state index is -0.599. The van der Waals surface area contributed by atoms with Crippen molar-refractivity contribution < 1.29 is 9.90 Å². The van der Waals surface area contributed by atoms with E-state index in [-0.39, 0.29) is 22.6 Å². The number of carbonyl (C=O) groups excluding carboxylic acids is 1.